The van der Waals surface area contributed by atoms with Gasteiger partial charge in [0.05, 0.1) is 44.9 Å². The van der Waals surface area contributed by atoms with Crippen LogP contribution in [-0.2, 0) is 47.6 Å². The number of carbonyl (C=O) groups excluding carboxylic acids is 2. The van der Waals surface area contributed by atoms with Crippen molar-refractivity contribution in [2.45, 2.75) is 123 Å². The molecule has 0 unspecified atom stereocenters. The quantitative estimate of drug-likeness (QED) is 0.0663. The number of methoxy groups -OCH3 is 1. The first-order chi connectivity index (χ1) is 19.7. The number of fused-ring (bicyclic) bond motifs is 1. The molecule has 0 spiro atoms. The van der Waals surface area contributed by atoms with E-state index in [0.717, 1.165) is 50.4 Å². The number of hydrogen-bond donors (Lipinski definition) is 0. The van der Waals surface area contributed by atoms with Gasteiger partial charge >= 0.3 is 11.9 Å². The summed E-state index contributed by atoms with van der Waals surface area (Å²) >= 11 is 0. The van der Waals surface area contributed by atoms with Gasteiger partial charge in [-0.15, -0.1) is 0 Å². The summed E-state index contributed by atoms with van der Waals surface area (Å²) in [5.74, 6) is -1.27. The molecule has 0 saturated carbocycles. The number of ether oxygens (including phenoxy) is 5. The zero-order valence-corrected chi connectivity index (χ0v) is 27.3. The Bertz CT molecular complexity index is 1020. The zero-order valence-electron chi connectivity index (χ0n) is 26.5. The fraction of sp³-hybridized carbons (Fsp3) is 0.806. The molecule has 6 atom stereocenters. The van der Waals surface area contributed by atoms with E-state index in [9.17, 15) is 18.0 Å². The molecule has 0 N–H and O–H groups in total. The van der Waals surface area contributed by atoms with Gasteiger partial charge in [0.1, 0.15) is 6.10 Å². The van der Waals surface area contributed by atoms with E-state index in [1.54, 1.807) is 6.92 Å². The van der Waals surface area contributed by atoms with E-state index in [0.29, 0.717) is 32.5 Å². The average Bonchev–Trinajstić information content (AvgIpc) is 3.23. The van der Waals surface area contributed by atoms with Gasteiger partial charge in [0, 0.05) is 24.3 Å². The number of hydrogen-bond acceptors (Lipinski definition) is 10. The second-order valence-corrected chi connectivity index (χ2v) is 13.6. The van der Waals surface area contributed by atoms with Crippen LogP contribution >= 0.6 is 0 Å². The first kappa shape index (κ1) is 36.4. The van der Waals surface area contributed by atoms with Crippen molar-refractivity contribution in [1.82, 2.24) is 0 Å². The Labute approximate surface area is 252 Å². The lowest BCUT2D eigenvalue weighted by Crippen LogP contribution is -2.48. The summed E-state index contributed by atoms with van der Waals surface area (Å²) in [6, 6.07) is 0. The van der Waals surface area contributed by atoms with Crippen molar-refractivity contribution < 1.29 is 45.9 Å². The molecule has 0 bridgehead atoms. The van der Waals surface area contributed by atoms with Crippen LogP contribution in [0.25, 0.3) is 0 Å². The highest BCUT2D eigenvalue weighted by Gasteiger charge is 2.51. The van der Waals surface area contributed by atoms with Crippen LogP contribution in [0.15, 0.2) is 23.8 Å². The molecule has 0 aliphatic carbocycles. The van der Waals surface area contributed by atoms with Gasteiger partial charge in [0.15, 0.2) is 5.79 Å². The summed E-state index contributed by atoms with van der Waals surface area (Å²) in [6.07, 6.45) is 12.8. The summed E-state index contributed by atoms with van der Waals surface area (Å²) < 4.78 is 56.7. The third-order valence-corrected chi connectivity index (χ3v) is 8.25. The molecule has 11 heteroatoms. The van der Waals surface area contributed by atoms with Crippen molar-refractivity contribution in [2.24, 2.45) is 11.8 Å². The van der Waals surface area contributed by atoms with Gasteiger partial charge in [-0.1, -0.05) is 50.3 Å². The summed E-state index contributed by atoms with van der Waals surface area (Å²) in [6.45, 7) is 10.2. The molecular weight excluding hydrogens is 564 g/mol. The molecular formula is C31H52O10S. The Kier molecular flexibility index (Phi) is 15.2. The van der Waals surface area contributed by atoms with Crippen molar-refractivity contribution in [3.05, 3.63) is 23.8 Å². The maximum Gasteiger partial charge on any atom is 0.330 e. The Morgan fingerprint density at radius 1 is 1.02 bits per heavy atom. The largest absolute Gasteiger partial charge is 0.469 e. The maximum atomic E-state index is 12.4. The Balaban J connectivity index is 1.77. The maximum absolute atomic E-state index is 12.4. The molecule has 242 valence electrons. The highest BCUT2D eigenvalue weighted by Crippen LogP contribution is 2.40. The third-order valence-electron chi connectivity index (χ3n) is 7.60. The number of esters is 2. The van der Waals surface area contributed by atoms with E-state index >= 15 is 0 Å². The zero-order chi connectivity index (χ0) is 31.3. The predicted molar refractivity (Wildman–Crippen MR) is 159 cm³/mol. The molecule has 0 aromatic rings. The Morgan fingerprint density at radius 3 is 2.33 bits per heavy atom. The van der Waals surface area contributed by atoms with E-state index in [-0.39, 0.29) is 42.1 Å². The molecule has 0 amide bonds. The fourth-order valence-corrected chi connectivity index (χ4v) is 5.97. The standard InChI is InChI=1S/C31H52O10S/c1-22(20-28(33)37-18-13-11-9-8-10-12-17-27(32)36-6)19-26-30-29(39-31(4,5)40-30)25(21-38-26)16-14-15-23(2)24(3)41-42(7,34)35/h14-15,20,23-26,29-30H,8-13,16-19,21H2,1-7H3/b15-14+,22-20+/t23-,24+,25+,26+,29-,30+/m1/s1. The van der Waals surface area contributed by atoms with Gasteiger partial charge in [-0.05, 0) is 53.4 Å². The van der Waals surface area contributed by atoms with Crippen LogP contribution in [-0.4, -0.2) is 77.1 Å². The molecule has 2 aliphatic rings. The molecule has 0 aromatic carbocycles. The molecule has 10 nitrogen and oxygen atoms in total. The number of carbonyl (C=O) groups is 2. The van der Waals surface area contributed by atoms with Gasteiger partial charge in [0.25, 0.3) is 10.1 Å². The molecule has 2 rings (SSSR count). The highest BCUT2D eigenvalue weighted by molar-refractivity contribution is 7.86. The first-order valence-corrected chi connectivity index (χ1v) is 17.0. The van der Waals surface area contributed by atoms with Crippen molar-refractivity contribution in [3.8, 4) is 0 Å². The lowest BCUT2D eigenvalue weighted by molar-refractivity contribution is -0.153. The van der Waals surface area contributed by atoms with E-state index in [2.05, 4.69) is 4.74 Å². The molecule has 2 fully saturated rings. The van der Waals surface area contributed by atoms with E-state index in [1.807, 2.05) is 39.8 Å². The van der Waals surface area contributed by atoms with Crippen LogP contribution in [0.4, 0.5) is 0 Å². The van der Waals surface area contributed by atoms with Gasteiger partial charge < -0.3 is 23.7 Å². The minimum Gasteiger partial charge on any atom is -0.469 e. The van der Waals surface area contributed by atoms with Gasteiger partial charge in [-0.3, -0.25) is 8.98 Å². The minimum atomic E-state index is -3.51. The molecule has 2 saturated heterocycles. The summed E-state index contributed by atoms with van der Waals surface area (Å²) in [5, 5.41) is 0. The van der Waals surface area contributed by atoms with E-state index in [4.69, 9.17) is 23.1 Å². The summed E-state index contributed by atoms with van der Waals surface area (Å²) in [7, 11) is -2.11. The Hall–Kier alpha value is -1.79. The molecule has 0 radical (unpaired) electrons. The van der Waals surface area contributed by atoms with E-state index in [1.165, 1.54) is 13.2 Å². The van der Waals surface area contributed by atoms with Crippen LogP contribution in [0.2, 0.25) is 0 Å². The lowest BCUT2D eigenvalue weighted by atomic mass is 9.87. The minimum absolute atomic E-state index is 0.0738. The third kappa shape index (κ3) is 13.7. The second-order valence-electron chi connectivity index (χ2n) is 12.0. The normalized spacial score (nSPS) is 25.6. The fourth-order valence-electron chi connectivity index (χ4n) is 5.24. The summed E-state index contributed by atoms with van der Waals surface area (Å²) in [4.78, 5) is 23.5. The predicted octanol–water partition coefficient (Wildman–Crippen LogP) is 5.25. The second kappa shape index (κ2) is 17.5. The van der Waals surface area contributed by atoms with E-state index < -0.39 is 22.0 Å². The molecule has 42 heavy (non-hydrogen) atoms. The SMILES string of the molecule is COC(=O)CCCCCCCCOC(=O)/C=C(\C)C[C@@H]1OC[C@H](C/C=C/[C@@H](C)[C@H](C)OS(C)(=O)=O)[C@H]2OC(C)(C)O[C@H]21. The van der Waals surface area contributed by atoms with Crippen molar-refractivity contribution >= 4 is 22.1 Å². The Morgan fingerprint density at radius 2 is 1.67 bits per heavy atom. The van der Waals surface area contributed by atoms with Crippen LogP contribution in [0, 0.1) is 11.8 Å². The number of unbranched alkanes of at least 4 members (excludes halogenated alkanes) is 5. The lowest BCUT2D eigenvalue weighted by Gasteiger charge is -2.37. The van der Waals surface area contributed by atoms with Crippen molar-refractivity contribution in [3.63, 3.8) is 0 Å². The molecule has 0 aromatic heterocycles. The van der Waals surface area contributed by atoms with Gasteiger partial charge in [-0.2, -0.15) is 8.42 Å². The van der Waals surface area contributed by atoms with Crippen LogP contribution < -0.4 is 0 Å². The topological polar surface area (TPSA) is 124 Å². The van der Waals surface area contributed by atoms with Crippen LogP contribution in [0.1, 0.15) is 92.4 Å². The first-order valence-electron chi connectivity index (χ1n) is 15.1. The monoisotopic (exact) mass is 616 g/mol. The summed E-state index contributed by atoms with van der Waals surface area (Å²) in [5.41, 5.74) is 0.856. The van der Waals surface area contributed by atoms with Crippen LogP contribution in [0.3, 0.4) is 0 Å². The number of allylic oxidation sites excluding steroid dienone is 1. The smallest absolute Gasteiger partial charge is 0.330 e. The molecule has 2 heterocycles. The van der Waals surface area contributed by atoms with Gasteiger partial charge in [0.2, 0.25) is 0 Å². The van der Waals surface area contributed by atoms with Crippen molar-refractivity contribution in [2.75, 3.05) is 26.6 Å². The average molecular weight is 617 g/mol. The van der Waals surface area contributed by atoms with Crippen LogP contribution in [0.5, 0.6) is 0 Å². The van der Waals surface area contributed by atoms with Gasteiger partial charge in [-0.25, -0.2) is 4.79 Å². The molecule has 2 aliphatic heterocycles. The highest BCUT2D eigenvalue weighted by atomic mass is 32.2. The van der Waals surface area contributed by atoms with Crippen molar-refractivity contribution in [1.29, 1.82) is 0 Å². The number of rotatable bonds is 18.